The topological polar surface area (TPSA) is 52.6 Å². The maximum Gasteiger partial charge on any atom is 0.338 e. The highest BCUT2D eigenvalue weighted by molar-refractivity contribution is 5.90. The van der Waals surface area contributed by atoms with Crippen LogP contribution in [0.25, 0.3) is 0 Å². The molecule has 2 fully saturated rings. The van der Waals surface area contributed by atoms with Gasteiger partial charge in [-0.2, -0.15) is 0 Å². The Labute approximate surface area is 226 Å². The second kappa shape index (κ2) is 12.9. The number of carbonyl (C=O) groups excluding carboxylic acids is 2. The van der Waals surface area contributed by atoms with E-state index >= 15 is 0 Å². The zero-order valence-electron chi connectivity index (χ0n) is 22.1. The first kappa shape index (κ1) is 26.2. The number of hydrogen-bond donors (Lipinski definition) is 0. The zero-order chi connectivity index (χ0) is 26.2. The molecule has 38 heavy (non-hydrogen) atoms. The predicted octanol–water partition coefficient (Wildman–Crippen LogP) is 8.54. The highest BCUT2D eigenvalue weighted by atomic mass is 16.6. The van der Waals surface area contributed by atoms with Gasteiger partial charge >= 0.3 is 11.9 Å². The molecule has 0 heterocycles. The van der Waals surface area contributed by atoms with E-state index in [0.29, 0.717) is 23.0 Å². The second-order valence-corrected chi connectivity index (χ2v) is 10.8. The van der Waals surface area contributed by atoms with E-state index in [9.17, 15) is 9.59 Å². The smallest absolute Gasteiger partial charge is 0.338 e. The van der Waals surface area contributed by atoms with Gasteiger partial charge in [0.2, 0.25) is 0 Å². The van der Waals surface area contributed by atoms with Gasteiger partial charge in [-0.3, -0.25) is 0 Å². The van der Waals surface area contributed by atoms with Crippen molar-refractivity contribution in [3.05, 3.63) is 107 Å². The fourth-order valence-corrected chi connectivity index (χ4v) is 5.95. The van der Waals surface area contributed by atoms with Gasteiger partial charge in [-0.1, -0.05) is 93.1 Å². The maximum absolute atomic E-state index is 13.1. The number of carbonyl (C=O) groups is 2. The van der Waals surface area contributed by atoms with Gasteiger partial charge in [0.1, 0.15) is 6.61 Å². The Morgan fingerprint density at radius 1 is 0.605 bits per heavy atom. The lowest BCUT2D eigenvalue weighted by atomic mass is 9.84. The second-order valence-electron chi connectivity index (χ2n) is 10.8. The van der Waals surface area contributed by atoms with E-state index in [2.05, 4.69) is 24.3 Å². The minimum atomic E-state index is -0.688. The maximum atomic E-state index is 13.1. The van der Waals surface area contributed by atoms with Crippen LogP contribution in [0.15, 0.2) is 78.9 Å². The summed E-state index contributed by atoms with van der Waals surface area (Å²) in [4.78, 5) is 25.9. The molecule has 198 valence electrons. The summed E-state index contributed by atoms with van der Waals surface area (Å²) in [6.45, 7) is -0.0425. The molecular weight excluding hydrogens is 472 g/mol. The first-order chi connectivity index (χ1) is 18.7. The lowest BCUT2D eigenvalue weighted by molar-refractivity contribution is -0.00133. The van der Waals surface area contributed by atoms with Crippen LogP contribution in [0.5, 0.6) is 0 Å². The van der Waals surface area contributed by atoms with Crippen molar-refractivity contribution in [1.29, 1.82) is 0 Å². The molecule has 0 N–H and O–H groups in total. The predicted molar refractivity (Wildman–Crippen MR) is 149 cm³/mol. The SMILES string of the molecule is O=C(OCC(OC(=O)c1ccc(C2CCCCC2)cc1)c1ccccc1)c1ccc(C2CCCCC2)cc1. The fourth-order valence-electron chi connectivity index (χ4n) is 5.95. The van der Waals surface area contributed by atoms with Crippen molar-refractivity contribution in [2.24, 2.45) is 0 Å². The van der Waals surface area contributed by atoms with E-state index in [4.69, 9.17) is 9.47 Å². The molecular formula is C34H38O4. The van der Waals surface area contributed by atoms with Crippen LogP contribution in [0.4, 0.5) is 0 Å². The number of benzene rings is 3. The summed E-state index contributed by atoms with van der Waals surface area (Å²) in [7, 11) is 0. The molecule has 1 atom stereocenters. The van der Waals surface area contributed by atoms with Gasteiger partial charge in [0, 0.05) is 0 Å². The Morgan fingerprint density at radius 2 is 1.08 bits per heavy atom. The van der Waals surface area contributed by atoms with Crippen LogP contribution >= 0.6 is 0 Å². The summed E-state index contributed by atoms with van der Waals surface area (Å²) < 4.78 is 11.5. The number of hydrogen-bond acceptors (Lipinski definition) is 4. The summed E-state index contributed by atoms with van der Waals surface area (Å²) >= 11 is 0. The van der Waals surface area contributed by atoms with Gasteiger partial charge in [0.25, 0.3) is 0 Å². The summed E-state index contributed by atoms with van der Waals surface area (Å²) in [5, 5.41) is 0. The third-order valence-electron chi connectivity index (χ3n) is 8.23. The molecule has 2 aliphatic rings. The number of esters is 2. The summed E-state index contributed by atoms with van der Waals surface area (Å²) in [5.74, 6) is 0.352. The Bertz CT molecular complexity index is 1170. The molecule has 4 heteroatoms. The summed E-state index contributed by atoms with van der Waals surface area (Å²) in [6, 6.07) is 25.1. The largest absolute Gasteiger partial charge is 0.458 e. The van der Waals surface area contributed by atoms with Crippen molar-refractivity contribution < 1.29 is 19.1 Å². The molecule has 0 radical (unpaired) electrons. The van der Waals surface area contributed by atoms with E-state index in [0.717, 1.165) is 5.56 Å². The van der Waals surface area contributed by atoms with Gasteiger partial charge in [0.05, 0.1) is 11.1 Å². The van der Waals surface area contributed by atoms with E-state index in [1.54, 1.807) is 0 Å². The summed E-state index contributed by atoms with van der Waals surface area (Å²) in [6.07, 6.45) is 11.9. The monoisotopic (exact) mass is 510 g/mol. The van der Waals surface area contributed by atoms with E-state index < -0.39 is 18.0 Å². The molecule has 0 bridgehead atoms. The van der Waals surface area contributed by atoms with Gasteiger partial charge in [-0.25, -0.2) is 9.59 Å². The fraction of sp³-hybridized carbons (Fsp3) is 0.412. The summed E-state index contributed by atoms with van der Waals surface area (Å²) in [5.41, 5.74) is 4.41. The zero-order valence-corrected chi connectivity index (χ0v) is 22.1. The molecule has 0 aliphatic heterocycles. The van der Waals surface area contributed by atoms with Crippen LogP contribution < -0.4 is 0 Å². The molecule has 0 amide bonds. The van der Waals surface area contributed by atoms with Gasteiger partial charge in [-0.15, -0.1) is 0 Å². The number of ether oxygens (including phenoxy) is 2. The molecule has 3 aromatic carbocycles. The van der Waals surface area contributed by atoms with E-state index in [-0.39, 0.29) is 6.61 Å². The minimum absolute atomic E-state index is 0.0425. The molecule has 0 aromatic heterocycles. The number of rotatable bonds is 8. The normalized spacial score (nSPS) is 17.5. The highest BCUT2D eigenvalue weighted by Crippen LogP contribution is 2.34. The molecule has 5 rings (SSSR count). The van der Waals surface area contributed by atoms with Crippen molar-refractivity contribution >= 4 is 11.9 Å². The first-order valence-electron chi connectivity index (χ1n) is 14.3. The van der Waals surface area contributed by atoms with Crippen LogP contribution in [-0.4, -0.2) is 18.5 Å². The first-order valence-corrected chi connectivity index (χ1v) is 14.3. The molecule has 1 unspecified atom stereocenters. The molecule has 2 aliphatic carbocycles. The van der Waals surface area contributed by atoms with Crippen LogP contribution in [-0.2, 0) is 9.47 Å². The lowest BCUT2D eigenvalue weighted by Gasteiger charge is -2.22. The van der Waals surface area contributed by atoms with Crippen LogP contribution in [0.1, 0.15) is 120 Å². The average Bonchev–Trinajstić information content (AvgIpc) is 3.00. The van der Waals surface area contributed by atoms with Crippen molar-refractivity contribution in [3.8, 4) is 0 Å². The Balaban J connectivity index is 1.22. The highest BCUT2D eigenvalue weighted by Gasteiger charge is 2.22. The van der Waals surface area contributed by atoms with Crippen molar-refractivity contribution in [2.75, 3.05) is 6.61 Å². The molecule has 0 spiro atoms. The van der Waals surface area contributed by atoms with Crippen LogP contribution in [0.3, 0.4) is 0 Å². The van der Waals surface area contributed by atoms with Gasteiger partial charge in [0.15, 0.2) is 6.10 Å². The van der Waals surface area contributed by atoms with Crippen molar-refractivity contribution in [1.82, 2.24) is 0 Å². The lowest BCUT2D eigenvalue weighted by Crippen LogP contribution is -2.19. The van der Waals surface area contributed by atoms with E-state index in [1.165, 1.54) is 75.3 Å². The molecule has 4 nitrogen and oxygen atoms in total. The van der Waals surface area contributed by atoms with Crippen molar-refractivity contribution in [2.45, 2.75) is 82.1 Å². The third kappa shape index (κ3) is 6.72. The molecule has 0 saturated heterocycles. The standard InChI is InChI=1S/C34H38O4/c35-33(30-20-16-27(17-21-30)25-10-4-1-5-11-25)37-24-32(29-14-8-3-9-15-29)38-34(36)31-22-18-28(19-23-31)26-12-6-2-7-13-26/h3,8-9,14-23,25-26,32H,1-2,4-7,10-13,24H2. The Kier molecular flexibility index (Phi) is 8.90. The molecule has 2 saturated carbocycles. The Morgan fingerprint density at radius 3 is 1.58 bits per heavy atom. The Hall–Kier alpha value is -3.40. The van der Waals surface area contributed by atoms with Crippen molar-refractivity contribution in [3.63, 3.8) is 0 Å². The van der Waals surface area contributed by atoms with E-state index in [1.807, 2.05) is 54.6 Å². The minimum Gasteiger partial charge on any atom is -0.458 e. The average molecular weight is 511 g/mol. The van der Waals surface area contributed by atoms with Gasteiger partial charge in [-0.05, 0) is 78.5 Å². The van der Waals surface area contributed by atoms with Crippen LogP contribution in [0.2, 0.25) is 0 Å². The third-order valence-corrected chi connectivity index (χ3v) is 8.23. The van der Waals surface area contributed by atoms with Gasteiger partial charge < -0.3 is 9.47 Å². The van der Waals surface area contributed by atoms with Crippen LogP contribution in [0, 0.1) is 0 Å². The quantitative estimate of drug-likeness (QED) is 0.285. The molecule has 3 aromatic rings.